The van der Waals surface area contributed by atoms with Gasteiger partial charge in [-0.15, -0.1) is 0 Å². The molecule has 2 N–H and O–H groups in total. The van der Waals surface area contributed by atoms with Gasteiger partial charge in [-0.05, 0) is 36.4 Å². The quantitative estimate of drug-likeness (QED) is 0.569. The molecule has 0 radical (unpaired) electrons. The van der Waals surface area contributed by atoms with Gasteiger partial charge in [-0.25, -0.2) is 8.42 Å². The highest BCUT2D eigenvalue weighted by Gasteiger charge is 2.20. The second-order valence-electron chi connectivity index (χ2n) is 8.29. The lowest BCUT2D eigenvalue weighted by atomic mass is 9.98. The molecule has 1 heterocycles. The highest BCUT2D eigenvalue weighted by Crippen LogP contribution is 2.34. The minimum absolute atomic E-state index is 0.125. The maximum atomic E-state index is 12.0. The van der Waals surface area contributed by atoms with Crippen LogP contribution in [0, 0.1) is 0 Å². The molecule has 0 spiro atoms. The number of rotatable bonds is 7. The van der Waals surface area contributed by atoms with E-state index < -0.39 is 10.0 Å². The Morgan fingerprint density at radius 2 is 1.34 bits per heavy atom. The van der Waals surface area contributed by atoms with Gasteiger partial charge < -0.3 is 15.1 Å². The third-order valence-corrected chi connectivity index (χ3v) is 6.32. The van der Waals surface area contributed by atoms with Crippen molar-refractivity contribution in [1.82, 2.24) is 4.90 Å². The van der Waals surface area contributed by atoms with Gasteiger partial charge in [0.05, 0.1) is 23.7 Å². The summed E-state index contributed by atoms with van der Waals surface area (Å²) in [4.78, 5) is 4.66. The van der Waals surface area contributed by atoms with Crippen molar-refractivity contribution >= 4 is 27.1 Å². The normalized spacial score (nSPS) is 15.0. The Balaban J connectivity index is 1.73. The molecule has 1 fully saturated rings. The van der Waals surface area contributed by atoms with Gasteiger partial charge in [-0.3, -0.25) is 4.72 Å². The molecule has 0 amide bonds. The maximum absolute atomic E-state index is 12.0. The summed E-state index contributed by atoms with van der Waals surface area (Å²) in [5.41, 5.74) is 4.59. The molecule has 0 unspecified atom stereocenters. The van der Waals surface area contributed by atoms with Crippen molar-refractivity contribution < 1.29 is 8.42 Å². The lowest BCUT2D eigenvalue weighted by Gasteiger charge is -2.34. The standard InChI is InChI=1S/C25H30N4O2S/c1-28-15-17-29(18-16-28)22-13-14-23(27-32(2,30)31)24(19-22)26-25(20-9-5-3-6-10-20)21-11-7-4-8-12-21/h3-14,19,25-27H,15-18H2,1-2H3. The van der Waals surface area contributed by atoms with Crippen LogP contribution in [0.2, 0.25) is 0 Å². The summed E-state index contributed by atoms with van der Waals surface area (Å²) in [7, 11) is -1.29. The van der Waals surface area contributed by atoms with E-state index in [0.29, 0.717) is 5.69 Å². The molecule has 6 nitrogen and oxygen atoms in total. The second kappa shape index (κ2) is 9.63. The molecule has 1 saturated heterocycles. The van der Waals surface area contributed by atoms with Crippen LogP contribution in [0.5, 0.6) is 0 Å². The molecule has 4 rings (SSSR count). The van der Waals surface area contributed by atoms with E-state index in [1.807, 2.05) is 48.5 Å². The van der Waals surface area contributed by atoms with E-state index in [9.17, 15) is 8.42 Å². The van der Waals surface area contributed by atoms with E-state index in [-0.39, 0.29) is 6.04 Å². The van der Waals surface area contributed by atoms with Crippen molar-refractivity contribution in [3.63, 3.8) is 0 Å². The smallest absolute Gasteiger partial charge is 0.229 e. The summed E-state index contributed by atoms with van der Waals surface area (Å²) < 4.78 is 26.8. The van der Waals surface area contributed by atoms with Crippen LogP contribution in [0.1, 0.15) is 17.2 Å². The molecule has 0 bridgehead atoms. The van der Waals surface area contributed by atoms with Crippen molar-refractivity contribution in [2.24, 2.45) is 0 Å². The van der Waals surface area contributed by atoms with Crippen LogP contribution in [-0.4, -0.2) is 52.8 Å². The van der Waals surface area contributed by atoms with Gasteiger partial charge in [0.15, 0.2) is 0 Å². The van der Waals surface area contributed by atoms with E-state index in [2.05, 4.69) is 57.2 Å². The van der Waals surface area contributed by atoms with Crippen molar-refractivity contribution in [3.8, 4) is 0 Å². The summed E-state index contributed by atoms with van der Waals surface area (Å²) >= 11 is 0. The van der Waals surface area contributed by atoms with Crippen LogP contribution in [0.4, 0.5) is 17.1 Å². The maximum Gasteiger partial charge on any atom is 0.229 e. The van der Waals surface area contributed by atoms with Gasteiger partial charge >= 0.3 is 0 Å². The van der Waals surface area contributed by atoms with Crippen LogP contribution in [0.25, 0.3) is 0 Å². The largest absolute Gasteiger partial charge is 0.372 e. The number of nitrogens with zero attached hydrogens (tertiary/aromatic N) is 2. The molecule has 0 aromatic heterocycles. The molecule has 1 aliphatic rings. The van der Waals surface area contributed by atoms with Crippen LogP contribution in [-0.2, 0) is 10.0 Å². The lowest BCUT2D eigenvalue weighted by molar-refractivity contribution is 0.313. The molecule has 168 valence electrons. The first-order valence-electron chi connectivity index (χ1n) is 10.8. The highest BCUT2D eigenvalue weighted by atomic mass is 32.2. The third kappa shape index (κ3) is 5.60. The Labute approximate surface area is 190 Å². The first kappa shape index (κ1) is 22.2. The van der Waals surface area contributed by atoms with Crippen molar-refractivity contribution in [2.75, 3.05) is 54.4 Å². The Morgan fingerprint density at radius 1 is 0.781 bits per heavy atom. The van der Waals surface area contributed by atoms with Gasteiger partial charge in [0.1, 0.15) is 0 Å². The molecule has 7 heteroatoms. The van der Waals surface area contributed by atoms with Crippen molar-refractivity contribution in [2.45, 2.75) is 6.04 Å². The Morgan fingerprint density at radius 3 is 1.88 bits per heavy atom. The van der Waals surface area contributed by atoms with Crippen LogP contribution < -0.4 is 14.9 Å². The number of benzene rings is 3. The predicted octanol–water partition coefficient (Wildman–Crippen LogP) is 4.01. The third-order valence-electron chi connectivity index (χ3n) is 5.73. The molecule has 1 aliphatic heterocycles. The molecule has 32 heavy (non-hydrogen) atoms. The number of sulfonamides is 1. The summed E-state index contributed by atoms with van der Waals surface area (Å²) in [6.45, 7) is 3.89. The van der Waals surface area contributed by atoms with E-state index in [4.69, 9.17) is 0 Å². The Hall–Kier alpha value is -3.03. The number of piperazine rings is 1. The SMILES string of the molecule is CN1CCN(c2ccc(NS(C)(=O)=O)c(NC(c3ccccc3)c3ccccc3)c2)CC1. The average molecular weight is 451 g/mol. The zero-order chi connectivity index (χ0) is 22.6. The molecule has 3 aromatic carbocycles. The number of hydrogen-bond acceptors (Lipinski definition) is 5. The molecular formula is C25H30N4O2S. The fourth-order valence-electron chi connectivity index (χ4n) is 4.01. The van der Waals surface area contributed by atoms with E-state index in [0.717, 1.165) is 48.7 Å². The van der Waals surface area contributed by atoms with Gasteiger partial charge in [-0.2, -0.15) is 0 Å². The number of likely N-dealkylation sites (N-methyl/N-ethyl adjacent to an activating group) is 1. The zero-order valence-electron chi connectivity index (χ0n) is 18.5. The van der Waals surface area contributed by atoms with E-state index >= 15 is 0 Å². The summed E-state index contributed by atoms with van der Waals surface area (Å²) in [6.07, 6.45) is 1.18. The van der Waals surface area contributed by atoms with Gasteiger partial charge in [0, 0.05) is 31.9 Å². The summed E-state index contributed by atoms with van der Waals surface area (Å²) in [5.74, 6) is 0. The molecule has 3 aromatic rings. The Kier molecular flexibility index (Phi) is 6.67. The molecule has 0 aliphatic carbocycles. The van der Waals surface area contributed by atoms with Crippen LogP contribution in [0.3, 0.4) is 0 Å². The van der Waals surface area contributed by atoms with Gasteiger partial charge in [0.25, 0.3) is 0 Å². The molecule has 0 atom stereocenters. The van der Waals surface area contributed by atoms with Crippen LogP contribution >= 0.6 is 0 Å². The fraction of sp³-hybridized carbons (Fsp3) is 0.280. The molecular weight excluding hydrogens is 420 g/mol. The van der Waals surface area contributed by atoms with Crippen molar-refractivity contribution in [1.29, 1.82) is 0 Å². The summed E-state index contributed by atoms with van der Waals surface area (Å²) in [5, 5.41) is 3.63. The van der Waals surface area contributed by atoms with E-state index in [1.165, 1.54) is 6.26 Å². The van der Waals surface area contributed by atoms with Gasteiger partial charge in [0.2, 0.25) is 10.0 Å². The minimum atomic E-state index is -3.42. The highest BCUT2D eigenvalue weighted by molar-refractivity contribution is 7.92. The monoisotopic (exact) mass is 450 g/mol. The topological polar surface area (TPSA) is 64.7 Å². The first-order valence-corrected chi connectivity index (χ1v) is 12.7. The summed E-state index contributed by atoms with van der Waals surface area (Å²) in [6, 6.07) is 26.2. The first-order chi connectivity index (χ1) is 15.4. The minimum Gasteiger partial charge on any atom is -0.372 e. The van der Waals surface area contributed by atoms with Gasteiger partial charge in [-0.1, -0.05) is 60.7 Å². The number of anilines is 3. The van der Waals surface area contributed by atoms with E-state index in [1.54, 1.807) is 0 Å². The molecule has 0 saturated carbocycles. The predicted molar refractivity (Wildman–Crippen MR) is 133 cm³/mol. The van der Waals surface area contributed by atoms with Crippen LogP contribution in [0.15, 0.2) is 78.9 Å². The zero-order valence-corrected chi connectivity index (χ0v) is 19.3. The fourth-order valence-corrected chi connectivity index (χ4v) is 4.58. The second-order valence-corrected chi connectivity index (χ2v) is 10.0. The number of nitrogens with one attached hydrogen (secondary N) is 2. The number of hydrogen-bond donors (Lipinski definition) is 2. The van der Waals surface area contributed by atoms with Crippen molar-refractivity contribution in [3.05, 3.63) is 90.0 Å². The average Bonchev–Trinajstić information content (AvgIpc) is 2.79. The Bertz CT molecular complexity index is 1090. The lowest BCUT2D eigenvalue weighted by Crippen LogP contribution is -2.44.